The van der Waals surface area contributed by atoms with Crippen molar-refractivity contribution in [2.75, 3.05) is 44.6 Å². The summed E-state index contributed by atoms with van der Waals surface area (Å²) >= 11 is 6.04. The van der Waals surface area contributed by atoms with E-state index in [4.69, 9.17) is 30.8 Å². The molecule has 4 aromatic rings. The highest BCUT2D eigenvalue weighted by Crippen LogP contribution is 2.40. The number of carbonyl (C=O) groups excluding carboxylic acids is 1. The molecule has 2 heterocycles. The molecule has 1 fully saturated rings. The quantitative estimate of drug-likeness (QED) is 0.230. The molecule has 0 bridgehead atoms. The van der Waals surface area contributed by atoms with Crippen molar-refractivity contribution in [3.63, 3.8) is 0 Å². The van der Waals surface area contributed by atoms with Crippen LogP contribution in [0.15, 0.2) is 72.9 Å². The fraction of sp³-hybridized carbons (Fsp3) is 0.281. The lowest BCUT2D eigenvalue weighted by Crippen LogP contribution is -2.43. The van der Waals surface area contributed by atoms with Crippen LogP contribution in [0.25, 0.3) is 11.1 Å². The van der Waals surface area contributed by atoms with Crippen LogP contribution in [0.2, 0.25) is 5.02 Å². The Balaban J connectivity index is 1.22. The number of nitrogens with one attached hydrogen (secondary N) is 2. The van der Waals surface area contributed by atoms with Crippen LogP contribution in [0.4, 0.5) is 17.5 Å². The molecule has 10 heteroatoms. The molecule has 1 aliphatic heterocycles. The van der Waals surface area contributed by atoms with E-state index in [1.165, 1.54) is 0 Å². The third-order valence-electron chi connectivity index (χ3n) is 7.25. The molecule has 0 saturated carbocycles. The van der Waals surface area contributed by atoms with Crippen molar-refractivity contribution in [1.82, 2.24) is 15.3 Å². The molecular weight excluding hydrogens is 554 g/mol. The van der Waals surface area contributed by atoms with Crippen molar-refractivity contribution in [3.05, 3.63) is 83.5 Å². The van der Waals surface area contributed by atoms with E-state index < -0.39 is 0 Å². The standard InChI is InChI=1S/C32H34ClN5O4/c1-40-27-17-26(18-28(41-2)30(27)42-3)36-32-34-14-13-29(37-32)38-15-5-8-24(20-38)31(39)35-19-21-6-4-7-23(16-21)22-9-11-25(33)12-10-22/h4,6-7,9-14,16-18,24H,5,8,15,19-20H2,1-3H3,(H,35,39)(H,34,36,37). The van der Waals surface area contributed by atoms with Gasteiger partial charge in [0.2, 0.25) is 17.6 Å². The third-order valence-corrected chi connectivity index (χ3v) is 7.50. The Kier molecular flexibility index (Phi) is 9.28. The Morgan fingerprint density at radius 3 is 2.45 bits per heavy atom. The van der Waals surface area contributed by atoms with Crippen LogP contribution in [0, 0.1) is 5.92 Å². The summed E-state index contributed by atoms with van der Waals surface area (Å²) in [5, 5.41) is 7.07. The Morgan fingerprint density at radius 1 is 0.976 bits per heavy atom. The molecule has 2 N–H and O–H groups in total. The molecule has 1 atom stereocenters. The normalized spacial score (nSPS) is 14.7. The Bertz CT molecular complexity index is 1510. The molecule has 5 rings (SSSR count). The number of hydrogen-bond acceptors (Lipinski definition) is 8. The minimum atomic E-state index is -0.139. The van der Waals surface area contributed by atoms with Gasteiger partial charge < -0.3 is 29.7 Å². The zero-order valence-corrected chi connectivity index (χ0v) is 24.6. The van der Waals surface area contributed by atoms with E-state index >= 15 is 0 Å². The number of piperidine rings is 1. The molecule has 1 unspecified atom stereocenters. The fourth-order valence-corrected chi connectivity index (χ4v) is 5.23. The van der Waals surface area contributed by atoms with E-state index in [9.17, 15) is 4.79 Å². The maximum absolute atomic E-state index is 13.2. The fourth-order valence-electron chi connectivity index (χ4n) is 5.10. The van der Waals surface area contributed by atoms with Gasteiger partial charge in [-0.2, -0.15) is 4.98 Å². The predicted octanol–water partition coefficient (Wildman–Crippen LogP) is 6.10. The number of anilines is 3. The van der Waals surface area contributed by atoms with Crippen LogP contribution in [-0.4, -0.2) is 50.3 Å². The number of amides is 1. The molecular formula is C32H34ClN5O4. The Morgan fingerprint density at radius 2 is 1.74 bits per heavy atom. The minimum absolute atomic E-state index is 0.0430. The topological polar surface area (TPSA) is 97.8 Å². The second-order valence-electron chi connectivity index (χ2n) is 9.99. The highest BCUT2D eigenvalue weighted by atomic mass is 35.5. The van der Waals surface area contributed by atoms with E-state index in [-0.39, 0.29) is 11.8 Å². The van der Waals surface area contributed by atoms with Gasteiger partial charge in [0, 0.05) is 48.7 Å². The first-order valence-corrected chi connectivity index (χ1v) is 14.1. The summed E-state index contributed by atoms with van der Waals surface area (Å²) in [6.07, 6.45) is 3.43. The van der Waals surface area contributed by atoms with Gasteiger partial charge >= 0.3 is 0 Å². The van der Waals surface area contributed by atoms with Crippen LogP contribution >= 0.6 is 11.6 Å². The monoisotopic (exact) mass is 587 g/mol. The first-order chi connectivity index (χ1) is 20.5. The van der Waals surface area contributed by atoms with Gasteiger partial charge in [-0.05, 0) is 53.8 Å². The maximum Gasteiger partial charge on any atom is 0.229 e. The molecule has 1 aliphatic rings. The van der Waals surface area contributed by atoms with Crippen molar-refractivity contribution < 1.29 is 19.0 Å². The van der Waals surface area contributed by atoms with Crippen LogP contribution < -0.4 is 29.7 Å². The number of hydrogen-bond donors (Lipinski definition) is 2. The average Bonchev–Trinajstić information content (AvgIpc) is 3.03. The Labute approximate surface area is 250 Å². The number of benzene rings is 3. The molecule has 0 aliphatic carbocycles. The average molecular weight is 588 g/mol. The number of carbonyl (C=O) groups is 1. The van der Waals surface area contributed by atoms with Crippen LogP contribution in [0.1, 0.15) is 18.4 Å². The molecule has 0 spiro atoms. The lowest BCUT2D eigenvalue weighted by atomic mass is 9.97. The molecule has 1 saturated heterocycles. The maximum atomic E-state index is 13.2. The third kappa shape index (κ3) is 6.86. The van der Waals surface area contributed by atoms with Crippen molar-refractivity contribution >= 4 is 35.0 Å². The van der Waals surface area contributed by atoms with Gasteiger partial charge in [0.05, 0.1) is 27.2 Å². The number of methoxy groups -OCH3 is 3. The van der Waals surface area contributed by atoms with E-state index in [0.717, 1.165) is 41.9 Å². The van der Waals surface area contributed by atoms with Crippen molar-refractivity contribution in [2.45, 2.75) is 19.4 Å². The zero-order chi connectivity index (χ0) is 29.5. The van der Waals surface area contributed by atoms with Gasteiger partial charge in [0.1, 0.15) is 5.82 Å². The highest BCUT2D eigenvalue weighted by molar-refractivity contribution is 6.30. The summed E-state index contributed by atoms with van der Waals surface area (Å²) in [4.78, 5) is 24.4. The van der Waals surface area contributed by atoms with E-state index in [1.807, 2.05) is 42.5 Å². The lowest BCUT2D eigenvalue weighted by molar-refractivity contribution is -0.125. The number of nitrogens with zero attached hydrogens (tertiary/aromatic N) is 3. The summed E-state index contributed by atoms with van der Waals surface area (Å²) in [6, 6.07) is 21.4. The van der Waals surface area contributed by atoms with Gasteiger partial charge in [0.25, 0.3) is 0 Å². The summed E-state index contributed by atoms with van der Waals surface area (Å²) in [5.74, 6) is 2.64. The number of aromatic nitrogens is 2. The molecule has 1 amide bonds. The molecule has 218 valence electrons. The summed E-state index contributed by atoms with van der Waals surface area (Å²) in [7, 11) is 4.70. The summed E-state index contributed by atoms with van der Waals surface area (Å²) < 4.78 is 16.3. The van der Waals surface area contributed by atoms with Crippen molar-refractivity contribution in [1.29, 1.82) is 0 Å². The molecule has 42 heavy (non-hydrogen) atoms. The molecule has 3 aromatic carbocycles. The van der Waals surface area contributed by atoms with E-state index in [0.29, 0.717) is 47.0 Å². The lowest BCUT2D eigenvalue weighted by Gasteiger charge is -2.33. The van der Waals surface area contributed by atoms with Crippen LogP contribution in [0.5, 0.6) is 17.2 Å². The van der Waals surface area contributed by atoms with Gasteiger partial charge in [-0.3, -0.25) is 4.79 Å². The van der Waals surface area contributed by atoms with Gasteiger partial charge in [-0.25, -0.2) is 4.98 Å². The number of halogens is 1. The van der Waals surface area contributed by atoms with Crippen LogP contribution in [-0.2, 0) is 11.3 Å². The van der Waals surface area contributed by atoms with E-state index in [2.05, 4.69) is 32.7 Å². The van der Waals surface area contributed by atoms with Crippen LogP contribution in [0.3, 0.4) is 0 Å². The van der Waals surface area contributed by atoms with Crippen molar-refractivity contribution in [2.24, 2.45) is 5.92 Å². The highest BCUT2D eigenvalue weighted by Gasteiger charge is 2.27. The second-order valence-corrected chi connectivity index (χ2v) is 10.4. The minimum Gasteiger partial charge on any atom is -0.493 e. The molecule has 1 aromatic heterocycles. The Hall–Kier alpha value is -4.50. The summed E-state index contributed by atoms with van der Waals surface area (Å²) in [5.41, 5.74) is 3.90. The van der Waals surface area contributed by atoms with Gasteiger partial charge in [-0.15, -0.1) is 0 Å². The first kappa shape index (κ1) is 29.0. The molecule has 0 radical (unpaired) electrons. The first-order valence-electron chi connectivity index (χ1n) is 13.7. The number of ether oxygens (including phenoxy) is 3. The largest absolute Gasteiger partial charge is 0.493 e. The van der Waals surface area contributed by atoms with Gasteiger partial charge in [0.15, 0.2) is 11.5 Å². The summed E-state index contributed by atoms with van der Waals surface area (Å²) in [6.45, 7) is 1.86. The van der Waals surface area contributed by atoms with E-state index in [1.54, 1.807) is 39.7 Å². The second kappa shape index (κ2) is 13.4. The predicted molar refractivity (Wildman–Crippen MR) is 165 cm³/mol. The van der Waals surface area contributed by atoms with Gasteiger partial charge in [-0.1, -0.05) is 41.9 Å². The van der Waals surface area contributed by atoms with Crippen molar-refractivity contribution in [3.8, 4) is 28.4 Å². The SMILES string of the molecule is COc1cc(Nc2nccc(N3CCCC(C(=O)NCc4cccc(-c5ccc(Cl)cc5)c4)C3)n2)cc(OC)c1OC. The zero-order valence-electron chi connectivity index (χ0n) is 23.9. The smallest absolute Gasteiger partial charge is 0.229 e. The molecule has 9 nitrogen and oxygen atoms in total. The number of rotatable bonds is 10.